The van der Waals surface area contributed by atoms with E-state index in [1.165, 1.54) is 34.2 Å². The van der Waals surface area contributed by atoms with Crippen LogP contribution >= 0.6 is 11.3 Å². The molecule has 11 nitrogen and oxygen atoms in total. The van der Waals surface area contributed by atoms with Crippen LogP contribution in [0.25, 0.3) is 10.2 Å². The molecule has 2 heterocycles. The number of hydrogen-bond donors (Lipinski definition) is 4. The zero-order valence-corrected chi connectivity index (χ0v) is 26.5. The Balaban J connectivity index is 1.24. The molecule has 0 spiro atoms. The number of aromatic nitrogens is 2. The first kappa shape index (κ1) is 32.1. The molecule has 2 bridgehead atoms. The molecule has 12 heteroatoms. The molecule has 3 aromatic rings. The summed E-state index contributed by atoms with van der Waals surface area (Å²) in [6, 6.07) is 9.39. The van der Waals surface area contributed by atoms with E-state index in [-0.39, 0.29) is 41.0 Å². The normalized spacial score (nSPS) is 20.6. The molecule has 3 saturated carbocycles. The number of benzene rings is 1. The number of anilines is 1. The van der Waals surface area contributed by atoms with Crippen LogP contribution in [0.15, 0.2) is 59.5 Å². The predicted octanol–water partition coefficient (Wildman–Crippen LogP) is 3.75. The number of carbonyl (C=O) groups is 4. The molecular formula is C33H40N6O5S. The number of fused-ring (bicyclic) bond motifs is 1. The highest BCUT2D eigenvalue weighted by Gasteiger charge is 2.63. The van der Waals surface area contributed by atoms with Crippen LogP contribution in [0.3, 0.4) is 0 Å². The van der Waals surface area contributed by atoms with Crippen LogP contribution in [0.1, 0.15) is 68.6 Å². The molecule has 3 fully saturated rings. The Bertz CT molecular complexity index is 1620. The van der Waals surface area contributed by atoms with Gasteiger partial charge in [0.05, 0.1) is 10.2 Å². The van der Waals surface area contributed by atoms with Crippen molar-refractivity contribution in [3.63, 3.8) is 0 Å². The van der Waals surface area contributed by atoms with Gasteiger partial charge in [-0.15, -0.1) is 11.3 Å². The Kier molecular flexibility index (Phi) is 10.1. The van der Waals surface area contributed by atoms with E-state index in [0.717, 1.165) is 36.8 Å². The van der Waals surface area contributed by atoms with Crippen LogP contribution in [-0.2, 0) is 20.9 Å². The molecule has 1 aromatic carbocycles. The number of nitrogens with zero attached hydrogens (tertiary/aromatic N) is 2. The van der Waals surface area contributed by atoms with Gasteiger partial charge in [-0.2, -0.15) is 0 Å². The molecule has 0 unspecified atom stereocenters. The number of hydrogen-bond acceptors (Lipinski definition) is 7. The molecule has 238 valence electrons. The summed E-state index contributed by atoms with van der Waals surface area (Å²) in [5.74, 6) is -0.440. The highest BCUT2D eigenvalue weighted by Crippen LogP contribution is 2.61. The molecule has 4 amide bonds. The smallest absolute Gasteiger partial charge is 0.280 e. The van der Waals surface area contributed by atoms with Crippen LogP contribution in [-0.4, -0.2) is 51.3 Å². The van der Waals surface area contributed by atoms with Crippen LogP contribution in [0.5, 0.6) is 0 Å². The summed E-state index contributed by atoms with van der Waals surface area (Å²) in [6.45, 7) is 4.65. The standard InChI is InChI=1S/C33H40N6O5S/c1-3-4-9-16-34-27(40)15-8-6-12-24(35-30(43)31-37-23-11-5-7-14-26(23)45-31)29(42)36-25-13-10-17-39(32(25)44)20-28(41)38-33-18-22(19-33)21(33)2/h5,7-8,10-11,13-15,17,21-22,24H,3-4,6,9,12,16,18-20H2,1-2H3,(H,34,40)(H,35,43)(H,36,42)(H,38,41)/b15-8+/t21-,22?,24-,33?/m0/s1. The Hall–Kier alpha value is -4.32. The van der Waals surface area contributed by atoms with E-state index in [1.807, 2.05) is 18.2 Å². The number of amides is 4. The molecule has 0 saturated heterocycles. The van der Waals surface area contributed by atoms with Gasteiger partial charge in [-0.1, -0.05) is 44.9 Å². The summed E-state index contributed by atoms with van der Waals surface area (Å²) < 4.78 is 2.10. The van der Waals surface area contributed by atoms with E-state index in [2.05, 4.69) is 40.1 Å². The fourth-order valence-corrected chi connectivity index (χ4v) is 6.82. The van der Waals surface area contributed by atoms with E-state index in [4.69, 9.17) is 0 Å². The third kappa shape index (κ3) is 7.50. The lowest BCUT2D eigenvalue weighted by atomic mass is 9.43. The molecule has 0 aliphatic heterocycles. The maximum Gasteiger partial charge on any atom is 0.280 e. The molecule has 3 aliphatic rings. The van der Waals surface area contributed by atoms with Gasteiger partial charge in [0.2, 0.25) is 17.7 Å². The zero-order chi connectivity index (χ0) is 32.0. The van der Waals surface area contributed by atoms with Crippen molar-refractivity contribution in [2.75, 3.05) is 11.9 Å². The summed E-state index contributed by atoms with van der Waals surface area (Å²) in [7, 11) is 0. The lowest BCUT2D eigenvalue weighted by molar-refractivity contribution is -0.151. The third-order valence-corrected chi connectivity index (χ3v) is 9.93. The summed E-state index contributed by atoms with van der Waals surface area (Å²) in [6.07, 6.45) is 10.0. The molecular weight excluding hydrogens is 592 g/mol. The Morgan fingerprint density at radius 1 is 1.13 bits per heavy atom. The number of nitrogens with one attached hydrogen (secondary N) is 4. The van der Waals surface area contributed by atoms with Crippen molar-refractivity contribution >= 4 is 50.9 Å². The number of thiazole rings is 1. The largest absolute Gasteiger partial charge is 0.353 e. The highest BCUT2D eigenvalue weighted by atomic mass is 32.1. The van der Waals surface area contributed by atoms with Gasteiger partial charge in [0.25, 0.3) is 11.5 Å². The Morgan fingerprint density at radius 3 is 2.64 bits per heavy atom. The van der Waals surface area contributed by atoms with E-state index < -0.39 is 23.4 Å². The lowest BCUT2D eigenvalue weighted by Crippen LogP contribution is -2.74. The van der Waals surface area contributed by atoms with Gasteiger partial charge in [0.15, 0.2) is 5.01 Å². The summed E-state index contributed by atoms with van der Waals surface area (Å²) in [5, 5.41) is 11.5. The molecule has 6 rings (SSSR count). The predicted molar refractivity (Wildman–Crippen MR) is 174 cm³/mol. The van der Waals surface area contributed by atoms with E-state index >= 15 is 0 Å². The molecule has 4 N–H and O–H groups in total. The van der Waals surface area contributed by atoms with Gasteiger partial charge in [-0.3, -0.25) is 24.0 Å². The number of carbonyl (C=O) groups excluding carboxylic acids is 4. The van der Waals surface area contributed by atoms with Crippen molar-refractivity contribution in [3.8, 4) is 0 Å². The number of unbranched alkanes of at least 4 members (excludes halogenated alkanes) is 2. The minimum absolute atomic E-state index is 0.00424. The van der Waals surface area contributed by atoms with Gasteiger partial charge in [0, 0.05) is 18.3 Å². The Labute approximate surface area is 265 Å². The first-order valence-electron chi connectivity index (χ1n) is 15.6. The lowest BCUT2D eigenvalue weighted by Gasteiger charge is -2.67. The fourth-order valence-electron chi connectivity index (χ4n) is 5.95. The van der Waals surface area contributed by atoms with E-state index in [9.17, 15) is 24.0 Å². The molecule has 3 aliphatic carbocycles. The maximum atomic E-state index is 13.5. The summed E-state index contributed by atoms with van der Waals surface area (Å²) >= 11 is 1.22. The highest BCUT2D eigenvalue weighted by molar-refractivity contribution is 7.20. The third-order valence-electron chi connectivity index (χ3n) is 8.89. The van der Waals surface area contributed by atoms with Gasteiger partial charge in [-0.05, 0) is 74.3 Å². The second-order valence-electron chi connectivity index (χ2n) is 12.0. The Morgan fingerprint density at radius 2 is 1.93 bits per heavy atom. The number of pyridine rings is 1. The molecule has 0 radical (unpaired) electrons. The fraction of sp³-hybridized carbons (Fsp3) is 0.455. The minimum Gasteiger partial charge on any atom is -0.353 e. The van der Waals surface area contributed by atoms with Crippen molar-refractivity contribution in [1.82, 2.24) is 25.5 Å². The number of para-hydroxylation sites is 1. The first-order valence-corrected chi connectivity index (χ1v) is 16.4. The quantitative estimate of drug-likeness (QED) is 0.148. The maximum absolute atomic E-state index is 13.5. The zero-order valence-electron chi connectivity index (χ0n) is 25.6. The number of rotatable bonds is 15. The van der Waals surface area contributed by atoms with Crippen molar-refractivity contribution < 1.29 is 19.2 Å². The average Bonchev–Trinajstić information content (AvgIpc) is 3.45. The first-order chi connectivity index (χ1) is 21.7. The SMILES string of the molecule is CCCCCNC(=O)/C=C/CC[C@H](NC(=O)c1nc2ccccc2s1)C(=O)Nc1cccn(CC(=O)NC23CC(C2)[C@@H]3C)c1=O. The number of allylic oxidation sites excluding steroid dienone is 1. The van der Waals surface area contributed by atoms with Crippen molar-refractivity contribution in [1.29, 1.82) is 0 Å². The second-order valence-corrected chi connectivity index (χ2v) is 13.0. The van der Waals surface area contributed by atoms with E-state index in [1.54, 1.807) is 18.2 Å². The van der Waals surface area contributed by atoms with Gasteiger partial charge < -0.3 is 25.8 Å². The molecule has 2 atom stereocenters. The van der Waals surface area contributed by atoms with Gasteiger partial charge in [-0.25, -0.2) is 4.98 Å². The topological polar surface area (TPSA) is 151 Å². The minimum atomic E-state index is -1.02. The van der Waals surface area contributed by atoms with Crippen LogP contribution in [0, 0.1) is 11.8 Å². The van der Waals surface area contributed by atoms with E-state index in [0.29, 0.717) is 30.3 Å². The van der Waals surface area contributed by atoms with Crippen molar-refractivity contribution in [2.45, 2.75) is 76.9 Å². The van der Waals surface area contributed by atoms with Crippen LogP contribution < -0.4 is 26.8 Å². The van der Waals surface area contributed by atoms with Crippen LogP contribution in [0.4, 0.5) is 5.69 Å². The van der Waals surface area contributed by atoms with Crippen molar-refractivity contribution in [3.05, 3.63) is 70.1 Å². The van der Waals surface area contributed by atoms with Crippen molar-refractivity contribution in [2.24, 2.45) is 11.8 Å². The monoisotopic (exact) mass is 632 g/mol. The van der Waals surface area contributed by atoms with Crippen LogP contribution in [0.2, 0.25) is 0 Å². The summed E-state index contributed by atoms with van der Waals surface area (Å²) in [4.78, 5) is 69.1. The molecule has 2 aromatic heterocycles. The summed E-state index contributed by atoms with van der Waals surface area (Å²) in [5.41, 5.74) is 0.00706. The second kappa shape index (κ2) is 14.2. The molecule has 45 heavy (non-hydrogen) atoms. The van der Waals surface area contributed by atoms with Gasteiger partial charge in [0.1, 0.15) is 18.3 Å². The average molecular weight is 633 g/mol. The van der Waals surface area contributed by atoms with Gasteiger partial charge >= 0.3 is 0 Å².